The molecule has 6 nitrogen and oxygen atoms in total. The summed E-state index contributed by atoms with van der Waals surface area (Å²) in [5.41, 5.74) is 4.22. The van der Waals surface area contributed by atoms with Gasteiger partial charge in [0.2, 0.25) is 0 Å². The first kappa shape index (κ1) is 30.5. The summed E-state index contributed by atoms with van der Waals surface area (Å²) < 4.78 is 13.8. The molecule has 0 spiro atoms. The van der Waals surface area contributed by atoms with Gasteiger partial charge in [0.25, 0.3) is 0 Å². The van der Waals surface area contributed by atoms with Crippen LogP contribution in [0.1, 0.15) is 87.3 Å². The lowest BCUT2D eigenvalue weighted by Gasteiger charge is -2.34. The number of carbonyl (C=O) groups is 1. The van der Waals surface area contributed by atoms with Crippen molar-refractivity contribution in [2.45, 2.75) is 85.8 Å². The summed E-state index contributed by atoms with van der Waals surface area (Å²) in [7, 11) is 0. The molecule has 0 bridgehead atoms. The van der Waals surface area contributed by atoms with E-state index in [4.69, 9.17) is 14.6 Å². The molecule has 1 aromatic heterocycles. The molecule has 39 heavy (non-hydrogen) atoms. The fourth-order valence-corrected chi connectivity index (χ4v) is 5.11. The third kappa shape index (κ3) is 6.74. The van der Waals surface area contributed by atoms with Gasteiger partial charge in [-0.1, -0.05) is 58.9 Å². The number of hydrogen-bond donors (Lipinski definition) is 2. The zero-order valence-corrected chi connectivity index (χ0v) is 24.6. The van der Waals surface area contributed by atoms with Crippen molar-refractivity contribution < 1.29 is 24.5 Å². The molecular formula is C33H45NO5. The third-order valence-electron chi connectivity index (χ3n) is 7.86. The van der Waals surface area contributed by atoms with Gasteiger partial charge in [-0.05, 0) is 85.5 Å². The highest BCUT2D eigenvalue weighted by molar-refractivity contribution is 5.89. The van der Waals surface area contributed by atoms with Crippen molar-refractivity contribution in [1.29, 1.82) is 0 Å². The van der Waals surface area contributed by atoms with E-state index in [-0.39, 0.29) is 24.0 Å². The molecule has 2 N–H and O–H groups in total. The molecule has 0 aliphatic carbocycles. The van der Waals surface area contributed by atoms with Gasteiger partial charge in [-0.15, -0.1) is 0 Å². The Balaban J connectivity index is 1.90. The summed E-state index contributed by atoms with van der Waals surface area (Å²) in [6.45, 7) is 15.4. The maximum absolute atomic E-state index is 13.2. The van der Waals surface area contributed by atoms with Gasteiger partial charge in [0.05, 0.1) is 6.10 Å². The van der Waals surface area contributed by atoms with Crippen molar-refractivity contribution in [2.75, 3.05) is 13.2 Å². The molecule has 0 aliphatic rings. The first-order chi connectivity index (χ1) is 18.5. The number of aromatic nitrogens is 1. The molecule has 0 saturated carbocycles. The third-order valence-corrected chi connectivity index (χ3v) is 7.86. The van der Waals surface area contributed by atoms with Crippen LogP contribution in [0.4, 0.5) is 0 Å². The van der Waals surface area contributed by atoms with Crippen LogP contribution in [0.3, 0.4) is 0 Å². The number of aliphatic hydroxyl groups excluding tert-OH is 2. The van der Waals surface area contributed by atoms with Crippen LogP contribution in [-0.4, -0.2) is 40.1 Å². The van der Waals surface area contributed by atoms with Gasteiger partial charge in [0, 0.05) is 24.3 Å². The second-order valence-electron chi connectivity index (χ2n) is 11.3. The van der Waals surface area contributed by atoms with Crippen LogP contribution in [0, 0.1) is 12.3 Å². The van der Waals surface area contributed by atoms with E-state index in [1.54, 1.807) is 12.1 Å². The molecule has 3 aromatic rings. The molecule has 1 heterocycles. The summed E-state index contributed by atoms with van der Waals surface area (Å²) in [6, 6.07) is 17.4. The zero-order chi connectivity index (χ0) is 28.8. The van der Waals surface area contributed by atoms with E-state index in [2.05, 4.69) is 36.6 Å². The van der Waals surface area contributed by atoms with Gasteiger partial charge in [-0.2, -0.15) is 0 Å². The van der Waals surface area contributed by atoms with Crippen LogP contribution in [0.25, 0.3) is 0 Å². The molecule has 212 valence electrons. The highest BCUT2D eigenvalue weighted by Crippen LogP contribution is 2.41. The van der Waals surface area contributed by atoms with Crippen LogP contribution in [0.5, 0.6) is 11.5 Å². The average molecular weight is 536 g/mol. The van der Waals surface area contributed by atoms with Gasteiger partial charge in [0.1, 0.15) is 23.8 Å². The zero-order valence-electron chi connectivity index (χ0n) is 24.6. The van der Waals surface area contributed by atoms with Crippen LogP contribution >= 0.6 is 0 Å². The molecule has 0 saturated heterocycles. The predicted molar refractivity (Wildman–Crippen MR) is 156 cm³/mol. The van der Waals surface area contributed by atoms with Crippen molar-refractivity contribution >= 4 is 5.97 Å². The molecule has 6 heteroatoms. The van der Waals surface area contributed by atoms with E-state index in [0.717, 1.165) is 35.4 Å². The molecule has 3 rings (SSSR count). The lowest BCUT2D eigenvalue weighted by atomic mass is 9.72. The fraction of sp³-hybridized carbons (Fsp3) is 0.485. The maximum Gasteiger partial charge on any atom is 0.360 e. The molecule has 0 fully saturated rings. The molecule has 1 atom stereocenters. The summed E-state index contributed by atoms with van der Waals surface area (Å²) in [6.07, 6.45) is 1.72. The Bertz CT molecular complexity index is 1230. The van der Waals surface area contributed by atoms with Gasteiger partial charge >= 0.3 is 5.97 Å². The Labute approximate surface area is 233 Å². The van der Waals surface area contributed by atoms with E-state index in [0.29, 0.717) is 24.4 Å². The fourth-order valence-electron chi connectivity index (χ4n) is 5.11. The van der Waals surface area contributed by atoms with Crippen molar-refractivity contribution in [3.8, 4) is 11.5 Å². The Morgan fingerprint density at radius 3 is 2.18 bits per heavy atom. The standard InChI is InChI=1S/C33H45NO5/c1-8-33(9-2,25-13-17-28(23(4)21-25)38-22-30(36)32(5,6)7)29-18-16-27(34(29)10-3)31(37)39-26-14-11-24(12-15-26)19-20-35/h11-18,21,30,35-36H,8-10,19-20,22H2,1-7H3. The average Bonchev–Trinajstić information content (AvgIpc) is 3.34. The number of benzene rings is 2. The highest BCUT2D eigenvalue weighted by Gasteiger charge is 2.35. The number of aliphatic hydroxyl groups is 2. The van der Waals surface area contributed by atoms with Crippen LogP contribution in [-0.2, 0) is 18.4 Å². The Morgan fingerprint density at radius 2 is 1.64 bits per heavy atom. The lowest BCUT2D eigenvalue weighted by molar-refractivity contribution is 0.0216. The maximum atomic E-state index is 13.2. The van der Waals surface area contributed by atoms with Crippen molar-refractivity contribution in [3.63, 3.8) is 0 Å². The molecular weight excluding hydrogens is 490 g/mol. The Morgan fingerprint density at radius 1 is 0.974 bits per heavy atom. The minimum atomic E-state index is -0.563. The van der Waals surface area contributed by atoms with E-state index in [1.165, 1.54) is 5.56 Å². The highest BCUT2D eigenvalue weighted by atomic mass is 16.5. The summed E-state index contributed by atoms with van der Waals surface area (Å²) in [5.74, 6) is 0.854. The predicted octanol–water partition coefficient (Wildman–Crippen LogP) is 6.46. The molecule has 0 aliphatic heterocycles. The Kier molecular flexibility index (Phi) is 10.0. The van der Waals surface area contributed by atoms with Gasteiger partial charge in [-0.3, -0.25) is 0 Å². The quantitative estimate of drug-likeness (QED) is 0.205. The molecule has 2 aromatic carbocycles. The monoisotopic (exact) mass is 535 g/mol. The minimum absolute atomic E-state index is 0.0815. The van der Waals surface area contributed by atoms with E-state index >= 15 is 0 Å². The normalized spacial score (nSPS) is 12.8. The number of nitrogens with zero attached hydrogens (tertiary/aromatic N) is 1. The van der Waals surface area contributed by atoms with Gasteiger partial charge in [0.15, 0.2) is 0 Å². The largest absolute Gasteiger partial charge is 0.491 e. The van der Waals surface area contributed by atoms with Crippen LogP contribution < -0.4 is 9.47 Å². The Hall–Kier alpha value is -3.09. The van der Waals surface area contributed by atoms with Crippen molar-refractivity contribution in [2.24, 2.45) is 5.41 Å². The van der Waals surface area contributed by atoms with E-state index in [9.17, 15) is 9.90 Å². The first-order valence-corrected chi connectivity index (χ1v) is 14.0. The van der Waals surface area contributed by atoms with Crippen LogP contribution in [0.15, 0.2) is 54.6 Å². The molecule has 0 radical (unpaired) electrons. The summed E-state index contributed by atoms with van der Waals surface area (Å²) in [5, 5.41) is 19.5. The van der Waals surface area contributed by atoms with Crippen LogP contribution in [0.2, 0.25) is 0 Å². The smallest absolute Gasteiger partial charge is 0.360 e. The molecule has 1 unspecified atom stereocenters. The second kappa shape index (κ2) is 12.8. The van der Waals surface area contributed by atoms with Crippen molar-refractivity contribution in [3.05, 3.63) is 82.7 Å². The molecule has 0 amide bonds. The summed E-state index contributed by atoms with van der Waals surface area (Å²) in [4.78, 5) is 13.2. The summed E-state index contributed by atoms with van der Waals surface area (Å²) >= 11 is 0. The number of aryl methyl sites for hydroxylation is 1. The first-order valence-electron chi connectivity index (χ1n) is 14.0. The number of ether oxygens (including phenoxy) is 2. The van der Waals surface area contributed by atoms with E-state index < -0.39 is 12.1 Å². The van der Waals surface area contributed by atoms with Crippen molar-refractivity contribution in [1.82, 2.24) is 4.57 Å². The minimum Gasteiger partial charge on any atom is -0.491 e. The SMILES string of the molecule is CCn1c(C(=O)Oc2ccc(CCO)cc2)ccc1C(CC)(CC)c1ccc(OCC(O)C(C)(C)C)c(C)c1. The topological polar surface area (TPSA) is 80.9 Å². The second-order valence-corrected chi connectivity index (χ2v) is 11.3. The number of rotatable bonds is 12. The lowest BCUT2D eigenvalue weighted by Crippen LogP contribution is -2.32. The van der Waals surface area contributed by atoms with E-state index in [1.807, 2.05) is 58.9 Å². The number of carbonyl (C=O) groups excluding carboxylic acids is 1. The number of esters is 1. The number of hydrogen-bond acceptors (Lipinski definition) is 5. The van der Waals surface area contributed by atoms with Gasteiger partial charge in [-0.25, -0.2) is 4.79 Å². The van der Waals surface area contributed by atoms with Gasteiger partial charge < -0.3 is 24.3 Å².